The molecule has 0 aromatic heterocycles. The third-order valence-electron chi connectivity index (χ3n) is 2.71. The zero-order chi connectivity index (χ0) is 7.68. The molecule has 0 N–H and O–H groups in total. The Morgan fingerprint density at radius 3 is 1.73 bits per heavy atom. The molecule has 0 radical (unpaired) electrons. The Morgan fingerprint density at radius 2 is 1.27 bits per heavy atom. The van der Waals surface area contributed by atoms with Gasteiger partial charge in [-0.05, 0) is 13.5 Å². The van der Waals surface area contributed by atoms with Crippen molar-refractivity contribution in [1.29, 1.82) is 0 Å². The highest BCUT2D eigenvalue weighted by Gasteiger charge is 2.23. The largest absolute Gasteiger partial charge is 0.304 e. The van der Waals surface area contributed by atoms with Crippen molar-refractivity contribution in [2.45, 2.75) is 6.42 Å². The first-order chi connectivity index (χ1) is 5.36. The molecule has 0 unspecified atom stereocenters. The lowest BCUT2D eigenvalue weighted by molar-refractivity contribution is -0.0930. The van der Waals surface area contributed by atoms with Crippen molar-refractivity contribution >= 4 is 0 Å². The first-order valence-electron chi connectivity index (χ1n) is 4.54. The van der Waals surface area contributed by atoms with Gasteiger partial charge in [0.25, 0.3) is 0 Å². The van der Waals surface area contributed by atoms with E-state index in [1.165, 1.54) is 45.7 Å². The highest BCUT2D eigenvalue weighted by molar-refractivity contribution is 4.72. The quantitative estimate of drug-likeness (QED) is 0.521. The van der Waals surface area contributed by atoms with Crippen molar-refractivity contribution in [2.24, 2.45) is 0 Å². The summed E-state index contributed by atoms with van der Waals surface area (Å²) in [7, 11) is 2.20. The fourth-order valence-electron chi connectivity index (χ4n) is 1.66. The monoisotopic (exact) mass is 155 g/mol. The highest BCUT2D eigenvalue weighted by Crippen LogP contribution is 2.11. The maximum Gasteiger partial charge on any atom is 0.0261 e. The van der Waals surface area contributed by atoms with Gasteiger partial charge in [0.1, 0.15) is 0 Å². The van der Waals surface area contributed by atoms with Gasteiger partial charge in [0.05, 0.1) is 0 Å². The second-order valence-corrected chi connectivity index (χ2v) is 3.56. The van der Waals surface area contributed by atoms with Crippen LogP contribution in [-0.4, -0.2) is 61.2 Å². The van der Waals surface area contributed by atoms with Gasteiger partial charge in [-0.25, -0.2) is 10.0 Å². The van der Waals surface area contributed by atoms with Crippen molar-refractivity contribution in [1.82, 2.24) is 14.9 Å². The number of rotatable bonds is 1. The van der Waals surface area contributed by atoms with Crippen LogP contribution in [0.25, 0.3) is 0 Å². The number of likely N-dealkylation sites (N-methyl/N-ethyl adjacent to an activating group) is 1. The molecule has 2 saturated heterocycles. The summed E-state index contributed by atoms with van der Waals surface area (Å²) in [6.07, 6.45) is 1.40. The molecule has 64 valence electrons. The average molecular weight is 155 g/mol. The normalized spacial score (nSPS) is 30.3. The molecule has 2 aliphatic heterocycles. The minimum Gasteiger partial charge on any atom is -0.304 e. The molecule has 3 heteroatoms. The molecule has 0 atom stereocenters. The summed E-state index contributed by atoms with van der Waals surface area (Å²) in [4.78, 5) is 2.40. The lowest BCUT2D eigenvalue weighted by Crippen LogP contribution is -2.57. The molecule has 3 nitrogen and oxygen atoms in total. The second kappa shape index (κ2) is 3.09. The van der Waals surface area contributed by atoms with E-state index in [2.05, 4.69) is 22.0 Å². The van der Waals surface area contributed by atoms with Gasteiger partial charge < -0.3 is 4.90 Å². The van der Waals surface area contributed by atoms with Gasteiger partial charge in [-0.15, -0.1) is 0 Å². The van der Waals surface area contributed by atoms with Gasteiger partial charge in [0.2, 0.25) is 0 Å². The summed E-state index contributed by atoms with van der Waals surface area (Å²) in [6.45, 7) is 7.52. The summed E-state index contributed by atoms with van der Waals surface area (Å²) >= 11 is 0. The minimum atomic E-state index is 1.23. The fraction of sp³-hybridized carbons (Fsp3) is 1.00. The number of hydrogen-bond acceptors (Lipinski definition) is 3. The van der Waals surface area contributed by atoms with E-state index in [0.717, 1.165) is 0 Å². The predicted octanol–water partition coefficient (Wildman–Crippen LogP) is -0.146. The van der Waals surface area contributed by atoms with E-state index in [0.29, 0.717) is 0 Å². The van der Waals surface area contributed by atoms with Crippen molar-refractivity contribution in [3.63, 3.8) is 0 Å². The van der Waals surface area contributed by atoms with Crippen molar-refractivity contribution < 1.29 is 0 Å². The van der Waals surface area contributed by atoms with Gasteiger partial charge in [-0.3, -0.25) is 0 Å². The molecular formula is C8H17N3. The third-order valence-corrected chi connectivity index (χ3v) is 2.71. The standard InChI is InChI=1S/C8H17N3/c1-9-5-7-11(8-6-9)10-3-2-4-10/h2-8H2,1H3. The summed E-state index contributed by atoms with van der Waals surface area (Å²) in [6, 6.07) is 0. The molecule has 2 aliphatic rings. The predicted molar refractivity (Wildman–Crippen MR) is 45.3 cm³/mol. The van der Waals surface area contributed by atoms with Gasteiger partial charge >= 0.3 is 0 Å². The second-order valence-electron chi connectivity index (χ2n) is 3.56. The molecule has 0 saturated carbocycles. The minimum absolute atomic E-state index is 1.23. The molecule has 2 rings (SSSR count). The highest BCUT2D eigenvalue weighted by atomic mass is 15.6. The van der Waals surface area contributed by atoms with Crippen LogP contribution < -0.4 is 0 Å². The maximum atomic E-state index is 2.50. The molecule has 0 aromatic rings. The smallest absolute Gasteiger partial charge is 0.0261 e. The van der Waals surface area contributed by atoms with Gasteiger partial charge in [-0.1, -0.05) is 0 Å². The van der Waals surface area contributed by atoms with Crippen LogP contribution in [0.3, 0.4) is 0 Å². The van der Waals surface area contributed by atoms with Gasteiger partial charge in [0, 0.05) is 39.3 Å². The lowest BCUT2D eigenvalue weighted by atomic mass is 10.2. The average Bonchev–Trinajstić information content (AvgIpc) is 1.90. The van der Waals surface area contributed by atoms with E-state index in [9.17, 15) is 0 Å². The Kier molecular flexibility index (Phi) is 2.11. The molecule has 2 heterocycles. The summed E-state index contributed by atoms with van der Waals surface area (Å²) < 4.78 is 0. The van der Waals surface area contributed by atoms with E-state index in [-0.39, 0.29) is 0 Å². The molecular weight excluding hydrogens is 138 g/mol. The summed E-state index contributed by atoms with van der Waals surface area (Å²) in [5, 5.41) is 4.98. The van der Waals surface area contributed by atoms with E-state index in [4.69, 9.17) is 0 Å². The summed E-state index contributed by atoms with van der Waals surface area (Å²) in [5.74, 6) is 0. The van der Waals surface area contributed by atoms with Gasteiger partial charge in [-0.2, -0.15) is 0 Å². The molecule has 0 amide bonds. The van der Waals surface area contributed by atoms with E-state index < -0.39 is 0 Å². The molecule has 11 heavy (non-hydrogen) atoms. The van der Waals surface area contributed by atoms with Crippen LogP contribution in [0.5, 0.6) is 0 Å². The van der Waals surface area contributed by atoms with Crippen LogP contribution in [-0.2, 0) is 0 Å². The molecule has 0 aromatic carbocycles. The molecule has 0 aliphatic carbocycles. The van der Waals surface area contributed by atoms with Crippen molar-refractivity contribution in [3.8, 4) is 0 Å². The zero-order valence-electron chi connectivity index (χ0n) is 7.29. The van der Waals surface area contributed by atoms with E-state index >= 15 is 0 Å². The lowest BCUT2D eigenvalue weighted by Gasteiger charge is -2.44. The van der Waals surface area contributed by atoms with Crippen LogP contribution in [0.4, 0.5) is 0 Å². The number of piperazine rings is 1. The maximum absolute atomic E-state index is 2.50. The van der Waals surface area contributed by atoms with Crippen LogP contribution in [0.2, 0.25) is 0 Å². The summed E-state index contributed by atoms with van der Waals surface area (Å²) in [5.41, 5.74) is 0. The molecule has 0 spiro atoms. The fourth-order valence-corrected chi connectivity index (χ4v) is 1.66. The Labute approximate surface area is 68.5 Å². The van der Waals surface area contributed by atoms with E-state index in [1.807, 2.05) is 0 Å². The zero-order valence-corrected chi connectivity index (χ0v) is 7.29. The third kappa shape index (κ3) is 1.55. The Balaban J connectivity index is 1.77. The van der Waals surface area contributed by atoms with Crippen LogP contribution in [0.1, 0.15) is 6.42 Å². The van der Waals surface area contributed by atoms with Crippen molar-refractivity contribution in [2.75, 3.05) is 46.3 Å². The van der Waals surface area contributed by atoms with E-state index in [1.54, 1.807) is 0 Å². The number of hydrazine groups is 1. The molecule has 2 fully saturated rings. The van der Waals surface area contributed by atoms with Crippen LogP contribution in [0.15, 0.2) is 0 Å². The Morgan fingerprint density at radius 1 is 0.727 bits per heavy atom. The van der Waals surface area contributed by atoms with Crippen LogP contribution in [0, 0.1) is 0 Å². The number of hydrogen-bond donors (Lipinski definition) is 0. The number of nitrogens with zero attached hydrogens (tertiary/aromatic N) is 3. The van der Waals surface area contributed by atoms with Crippen LogP contribution >= 0.6 is 0 Å². The Hall–Kier alpha value is -0.120. The first-order valence-corrected chi connectivity index (χ1v) is 4.54. The molecule has 0 bridgehead atoms. The first kappa shape index (κ1) is 7.53. The Bertz CT molecular complexity index is 125. The SMILES string of the molecule is CN1CCN(N2CCC2)CC1. The van der Waals surface area contributed by atoms with Crippen molar-refractivity contribution in [3.05, 3.63) is 0 Å². The topological polar surface area (TPSA) is 9.72 Å². The van der Waals surface area contributed by atoms with Gasteiger partial charge in [0.15, 0.2) is 0 Å².